The monoisotopic (exact) mass is 922 g/mol. The van der Waals surface area contributed by atoms with Crippen molar-refractivity contribution in [1.29, 1.82) is 0 Å². The molecular formula is C63H103NO3. The van der Waals surface area contributed by atoms with Crippen LogP contribution in [0, 0.1) is 0 Å². The molecule has 0 saturated carbocycles. The first kappa shape index (κ1) is 63.3. The first-order valence-corrected chi connectivity index (χ1v) is 27.5. The Morgan fingerprint density at radius 3 is 1.04 bits per heavy atom. The van der Waals surface area contributed by atoms with E-state index in [9.17, 15) is 15.0 Å². The van der Waals surface area contributed by atoms with Gasteiger partial charge in [0.25, 0.3) is 0 Å². The molecule has 0 aromatic carbocycles. The van der Waals surface area contributed by atoms with Gasteiger partial charge in [-0.2, -0.15) is 0 Å². The number of aliphatic hydroxyl groups excluding tert-OH is 2. The minimum absolute atomic E-state index is 0.0853. The standard InChI is InChI=1S/C63H103NO3/c1-3-5-7-9-11-13-15-17-19-20-21-22-23-24-25-26-27-28-29-30-31-32-33-34-35-36-37-38-39-40-41-42-43-44-45-47-49-51-53-55-57-59-63(67)64-61(60-65)62(66)58-56-54-52-50-48-46-18-16-14-12-10-8-6-4-2/h5,7,11,13,17,19,21-22,24-25,27-28,30-31,33-34,36-37,39-40,48,50,56,58,61-62,65-66H,3-4,6,8-10,12,14-16,18,20,23,26,29,32,35,38,41-47,49,51-55,57,59-60H2,1-2H3,(H,64,67)/b7-5-,13-11-,19-17-,22-21-,25-24-,28-27-,31-30-,34-33-,37-36-,40-39-,50-48+,58-56+. The molecule has 1 amide bonds. The lowest BCUT2D eigenvalue weighted by Crippen LogP contribution is -2.45. The number of hydrogen-bond donors (Lipinski definition) is 3. The Hall–Kier alpha value is -3.73. The molecule has 67 heavy (non-hydrogen) atoms. The highest BCUT2D eigenvalue weighted by Gasteiger charge is 2.17. The number of amides is 1. The Kier molecular flexibility index (Phi) is 53.4. The largest absolute Gasteiger partial charge is 0.394 e. The molecule has 0 bridgehead atoms. The third-order valence-corrected chi connectivity index (χ3v) is 11.6. The Morgan fingerprint density at radius 2 is 0.672 bits per heavy atom. The van der Waals surface area contributed by atoms with Gasteiger partial charge in [-0.05, 0) is 109 Å². The second-order valence-electron chi connectivity index (χ2n) is 17.9. The molecular weight excluding hydrogens is 819 g/mol. The zero-order chi connectivity index (χ0) is 48.5. The average molecular weight is 923 g/mol. The fraction of sp³-hybridized carbons (Fsp3) is 0.603. The van der Waals surface area contributed by atoms with Gasteiger partial charge < -0.3 is 15.5 Å². The second kappa shape index (κ2) is 56.6. The molecule has 0 saturated heterocycles. The molecule has 0 rings (SSSR count). The number of aliphatic hydroxyl groups is 2. The summed E-state index contributed by atoms with van der Waals surface area (Å²) in [5.74, 6) is -0.0853. The van der Waals surface area contributed by atoms with Crippen LogP contribution in [-0.4, -0.2) is 34.9 Å². The van der Waals surface area contributed by atoms with Crippen molar-refractivity contribution in [2.24, 2.45) is 0 Å². The molecule has 0 aromatic heterocycles. The summed E-state index contributed by atoms with van der Waals surface area (Å²) in [6.45, 7) is 4.16. The number of unbranched alkanes of at least 4 members (excludes halogenated alkanes) is 19. The van der Waals surface area contributed by atoms with E-state index >= 15 is 0 Å². The van der Waals surface area contributed by atoms with Crippen molar-refractivity contribution in [3.63, 3.8) is 0 Å². The van der Waals surface area contributed by atoms with E-state index in [-0.39, 0.29) is 12.5 Å². The third-order valence-electron chi connectivity index (χ3n) is 11.6. The maximum Gasteiger partial charge on any atom is 0.220 e. The van der Waals surface area contributed by atoms with E-state index in [4.69, 9.17) is 0 Å². The molecule has 0 heterocycles. The zero-order valence-corrected chi connectivity index (χ0v) is 43.4. The summed E-state index contributed by atoms with van der Waals surface area (Å²) in [5.41, 5.74) is 0. The van der Waals surface area contributed by atoms with Crippen molar-refractivity contribution in [1.82, 2.24) is 5.32 Å². The topological polar surface area (TPSA) is 69.6 Å². The Bertz CT molecular complexity index is 1420. The summed E-state index contributed by atoms with van der Waals surface area (Å²) in [4.78, 5) is 12.4. The van der Waals surface area contributed by atoms with Crippen LogP contribution in [0.15, 0.2) is 146 Å². The Morgan fingerprint density at radius 1 is 0.373 bits per heavy atom. The van der Waals surface area contributed by atoms with Crippen molar-refractivity contribution in [2.45, 2.75) is 238 Å². The third kappa shape index (κ3) is 53.1. The van der Waals surface area contributed by atoms with Gasteiger partial charge in [0.15, 0.2) is 0 Å². The number of allylic oxidation sites excluding steroid dienone is 23. The summed E-state index contributed by atoms with van der Waals surface area (Å²) in [6, 6.07) is -0.650. The second-order valence-corrected chi connectivity index (χ2v) is 17.9. The minimum Gasteiger partial charge on any atom is -0.394 e. The fourth-order valence-corrected chi connectivity index (χ4v) is 7.40. The van der Waals surface area contributed by atoms with Gasteiger partial charge in [0.1, 0.15) is 0 Å². The smallest absolute Gasteiger partial charge is 0.220 e. The van der Waals surface area contributed by atoms with Crippen molar-refractivity contribution in [3.8, 4) is 0 Å². The molecule has 378 valence electrons. The van der Waals surface area contributed by atoms with Crippen LogP contribution in [0.4, 0.5) is 0 Å². The van der Waals surface area contributed by atoms with Crippen LogP contribution in [0.5, 0.6) is 0 Å². The predicted octanol–water partition coefficient (Wildman–Crippen LogP) is 18.4. The molecule has 4 nitrogen and oxygen atoms in total. The van der Waals surface area contributed by atoms with Crippen LogP contribution in [0.3, 0.4) is 0 Å². The number of carbonyl (C=O) groups is 1. The van der Waals surface area contributed by atoms with E-state index in [1.54, 1.807) is 6.08 Å². The molecule has 2 unspecified atom stereocenters. The molecule has 0 aliphatic rings. The van der Waals surface area contributed by atoms with Gasteiger partial charge in [0.2, 0.25) is 5.91 Å². The molecule has 2 atom stereocenters. The summed E-state index contributed by atoms with van der Waals surface area (Å²) >= 11 is 0. The van der Waals surface area contributed by atoms with Gasteiger partial charge in [-0.1, -0.05) is 256 Å². The maximum atomic E-state index is 12.4. The predicted molar refractivity (Wildman–Crippen MR) is 298 cm³/mol. The average Bonchev–Trinajstić information content (AvgIpc) is 3.33. The quantitative estimate of drug-likeness (QED) is 0.0421. The van der Waals surface area contributed by atoms with Crippen LogP contribution in [-0.2, 0) is 4.79 Å². The molecule has 3 N–H and O–H groups in total. The summed E-state index contributed by atoms with van der Waals surface area (Å²) in [5, 5.41) is 23.0. The molecule has 0 spiro atoms. The number of nitrogens with one attached hydrogen (secondary N) is 1. The van der Waals surface area contributed by atoms with Crippen LogP contribution < -0.4 is 5.32 Å². The number of carbonyl (C=O) groups excluding carboxylic acids is 1. The van der Waals surface area contributed by atoms with Crippen LogP contribution >= 0.6 is 0 Å². The highest BCUT2D eigenvalue weighted by atomic mass is 16.3. The van der Waals surface area contributed by atoms with E-state index < -0.39 is 12.1 Å². The van der Waals surface area contributed by atoms with E-state index in [1.165, 1.54) is 103 Å². The van der Waals surface area contributed by atoms with Crippen molar-refractivity contribution in [2.75, 3.05) is 6.61 Å². The number of rotatable bonds is 48. The fourth-order valence-electron chi connectivity index (χ4n) is 7.40. The lowest BCUT2D eigenvalue weighted by atomic mass is 10.0. The van der Waals surface area contributed by atoms with E-state index in [1.807, 2.05) is 6.08 Å². The van der Waals surface area contributed by atoms with Gasteiger partial charge >= 0.3 is 0 Å². The minimum atomic E-state index is -0.872. The molecule has 0 aliphatic heterocycles. The van der Waals surface area contributed by atoms with Crippen LogP contribution in [0.1, 0.15) is 226 Å². The maximum absolute atomic E-state index is 12.4. The molecule has 4 heteroatoms. The first-order chi connectivity index (χ1) is 33.2. The summed E-state index contributed by atoms with van der Waals surface area (Å²) < 4.78 is 0. The van der Waals surface area contributed by atoms with E-state index in [0.29, 0.717) is 6.42 Å². The summed E-state index contributed by atoms with van der Waals surface area (Å²) in [6.07, 6.45) is 89.9. The Balaban J connectivity index is 3.64. The molecule has 0 aromatic rings. The van der Waals surface area contributed by atoms with E-state index in [2.05, 4.69) is 153 Å². The summed E-state index contributed by atoms with van der Waals surface area (Å²) in [7, 11) is 0. The van der Waals surface area contributed by atoms with E-state index in [0.717, 1.165) is 103 Å². The van der Waals surface area contributed by atoms with Gasteiger partial charge in [-0.25, -0.2) is 0 Å². The van der Waals surface area contributed by atoms with Crippen molar-refractivity contribution < 1.29 is 15.0 Å². The lowest BCUT2D eigenvalue weighted by molar-refractivity contribution is -0.123. The van der Waals surface area contributed by atoms with Gasteiger partial charge in [0, 0.05) is 6.42 Å². The van der Waals surface area contributed by atoms with Crippen molar-refractivity contribution >= 4 is 5.91 Å². The normalized spacial score (nSPS) is 14.0. The Labute approximate surface area is 414 Å². The highest BCUT2D eigenvalue weighted by molar-refractivity contribution is 5.76. The van der Waals surface area contributed by atoms with Crippen molar-refractivity contribution in [3.05, 3.63) is 146 Å². The van der Waals surface area contributed by atoms with Gasteiger partial charge in [-0.3, -0.25) is 4.79 Å². The number of hydrogen-bond acceptors (Lipinski definition) is 3. The zero-order valence-electron chi connectivity index (χ0n) is 43.4. The van der Waals surface area contributed by atoms with Crippen LogP contribution in [0.2, 0.25) is 0 Å². The van der Waals surface area contributed by atoms with Gasteiger partial charge in [-0.15, -0.1) is 0 Å². The van der Waals surface area contributed by atoms with Gasteiger partial charge in [0.05, 0.1) is 18.8 Å². The molecule has 0 fully saturated rings. The first-order valence-electron chi connectivity index (χ1n) is 27.5. The SMILES string of the molecule is CC/C=C\C/C=C\C/C=C\C/C=C\C/C=C\C/C=C\C/C=C\C/C=C\C/C=C\C/C=C\CCCCCCCCCCCCC(=O)NC(CO)C(O)/C=C/CC/C=C/CCCCCCCCCC. The highest BCUT2D eigenvalue weighted by Crippen LogP contribution is 2.13. The molecule has 0 radical (unpaired) electrons. The molecule has 0 aliphatic carbocycles. The lowest BCUT2D eigenvalue weighted by Gasteiger charge is -2.19. The van der Waals surface area contributed by atoms with Crippen LogP contribution in [0.25, 0.3) is 0 Å².